The molecular formula is C12H15N5O3. The van der Waals surface area contributed by atoms with Gasteiger partial charge in [0.25, 0.3) is 11.5 Å². The van der Waals surface area contributed by atoms with Crippen LogP contribution < -0.4 is 16.2 Å². The first kappa shape index (κ1) is 13.8. The standard InChI is InChI=1S/C12H15N5O3/c1-7-5-10(19)17-11(16-7)9(6-15-17)12(20)14-4-3-13-8(2)18/h5-6,15H,3-4H2,1-2H3,(H,13,18)(H,14,20). The Kier molecular flexibility index (Phi) is 3.83. The number of fused-ring (bicyclic) bond motifs is 1. The van der Waals surface area contributed by atoms with E-state index in [2.05, 4.69) is 20.7 Å². The average Bonchev–Trinajstić information content (AvgIpc) is 2.78. The van der Waals surface area contributed by atoms with Crippen molar-refractivity contribution < 1.29 is 9.59 Å². The van der Waals surface area contributed by atoms with Crippen LogP contribution in [0.4, 0.5) is 0 Å². The number of hydrogen-bond donors (Lipinski definition) is 3. The minimum absolute atomic E-state index is 0.157. The highest BCUT2D eigenvalue weighted by Gasteiger charge is 2.14. The zero-order valence-electron chi connectivity index (χ0n) is 11.2. The summed E-state index contributed by atoms with van der Waals surface area (Å²) in [6.45, 7) is 3.73. The minimum Gasteiger partial charge on any atom is -0.355 e. The van der Waals surface area contributed by atoms with E-state index in [0.717, 1.165) is 0 Å². The summed E-state index contributed by atoms with van der Waals surface area (Å²) in [7, 11) is 0. The first-order valence-electron chi connectivity index (χ1n) is 6.09. The minimum atomic E-state index is -0.355. The number of amides is 2. The van der Waals surface area contributed by atoms with Gasteiger partial charge in [0.15, 0.2) is 5.65 Å². The summed E-state index contributed by atoms with van der Waals surface area (Å²) < 4.78 is 1.20. The van der Waals surface area contributed by atoms with Crippen LogP contribution in [0.5, 0.6) is 0 Å². The highest BCUT2D eigenvalue weighted by molar-refractivity contribution is 5.99. The molecule has 20 heavy (non-hydrogen) atoms. The highest BCUT2D eigenvalue weighted by Crippen LogP contribution is 2.05. The number of carbonyl (C=O) groups is 2. The number of aryl methyl sites for hydroxylation is 1. The van der Waals surface area contributed by atoms with E-state index in [9.17, 15) is 14.4 Å². The van der Waals surface area contributed by atoms with Crippen LogP contribution in [0, 0.1) is 6.92 Å². The quantitative estimate of drug-likeness (QED) is 0.635. The molecule has 106 valence electrons. The molecule has 0 aliphatic heterocycles. The fourth-order valence-corrected chi connectivity index (χ4v) is 1.77. The number of aromatic nitrogens is 3. The van der Waals surface area contributed by atoms with Crippen molar-refractivity contribution in [2.75, 3.05) is 13.1 Å². The zero-order valence-corrected chi connectivity index (χ0v) is 11.2. The highest BCUT2D eigenvalue weighted by atomic mass is 16.2. The van der Waals surface area contributed by atoms with Crippen molar-refractivity contribution in [2.45, 2.75) is 13.8 Å². The molecule has 2 aromatic rings. The van der Waals surface area contributed by atoms with Gasteiger partial charge in [0.05, 0.1) is 0 Å². The second-order valence-electron chi connectivity index (χ2n) is 4.32. The number of nitrogens with one attached hydrogen (secondary N) is 3. The van der Waals surface area contributed by atoms with Gasteiger partial charge in [-0.1, -0.05) is 0 Å². The molecule has 8 nitrogen and oxygen atoms in total. The molecule has 2 heterocycles. The lowest BCUT2D eigenvalue weighted by atomic mass is 10.3. The molecule has 0 bridgehead atoms. The third-order valence-electron chi connectivity index (χ3n) is 2.65. The molecule has 0 spiro atoms. The molecule has 0 unspecified atom stereocenters. The molecule has 0 saturated heterocycles. The van der Waals surface area contributed by atoms with E-state index in [1.165, 1.54) is 23.7 Å². The summed E-state index contributed by atoms with van der Waals surface area (Å²) in [4.78, 5) is 38.5. The molecule has 2 rings (SSSR count). The van der Waals surface area contributed by atoms with Gasteiger partial charge in [0, 0.05) is 38.0 Å². The van der Waals surface area contributed by atoms with Crippen molar-refractivity contribution in [1.29, 1.82) is 0 Å². The lowest BCUT2D eigenvalue weighted by Crippen LogP contribution is -2.33. The maximum absolute atomic E-state index is 12.0. The van der Waals surface area contributed by atoms with Crippen molar-refractivity contribution in [3.05, 3.63) is 33.9 Å². The predicted octanol–water partition coefficient (Wildman–Crippen LogP) is -0.803. The van der Waals surface area contributed by atoms with Gasteiger partial charge in [-0.25, -0.2) is 9.50 Å². The number of carbonyl (C=O) groups excluding carboxylic acids is 2. The third kappa shape index (κ3) is 2.85. The van der Waals surface area contributed by atoms with Gasteiger partial charge < -0.3 is 10.6 Å². The summed E-state index contributed by atoms with van der Waals surface area (Å²) in [5.41, 5.74) is 0.840. The van der Waals surface area contributed by atoms with Crippen LogP contribution in [0.25, 0.3) is 5.65 Å². The normalized spacial score (nSPS) is 10.5. The molecule has 2 aromatic heterocycles. The van der Waals surface area contributed by atoms with Crippen LogP contribution in [-0.4, -0.2) is 39.5 Å². The third-order valence-corrected chi connectivity index (χ3v) is 2.65. The Morgan fingerprint density at radius 2 is 2.05 bits per heavy atom. The maximum atomic E-state index is 12.0. The van der Waals surface area contributed by atoms with E-state index < -0.39 is 0 Å². The van der Waals surface area contributed by atoms with Crippen LogP contribution >= 0.6 is 0 Å². The summed E-state index contributed by atoms with van der Waals surface area (Å²) in [6, 6.07) is 1.38. The molecule has 0 aromatic carbocycles. The van der Waals surface area contributed by atoms with Gasteiger partial charge in [-0.05, 0) is 6.92 Å². The van der Waals surface area contributed by atoms with E-state index in [4.69, 9.17) is 0 Å². The van der Waals surface area contributed by atoms with Crippen LogP contribution in [-0.2, 0) is 4.79 Å². The van der Waals surface area contributed by atoms with Gasteiger partial charge in [-0.3, -0.25) is 19.5 Å². The zero-order chi connectivity index (χ0) is 14.7. The Morgan fingerprint density at radius 1 is 1.35 bits per heavy atom. The Balaban J connectivity index is 2.15. The fourth-order valence-electron chi connectivity index (χ4n) is 1.77. The van der Waals surface area contributed by atoms with Gasteiger partial charge in [-0.15, -0.1) is 0 Å². The summed E-state index contributed by atoms with van der Waals surface area (Å²) >= 11 is 0. The smallest absolute Gasteiger partial charge is 0.272 e. The van der Waals surface area contributed by atoms with Crippen LogP contribution in [0.15, 0.2) is 17.1 Å². The second-order valence-corrected chi connectivity index (χ2v) is 4.32. The van der Waals surface area contributed by atoms with E-state index in [1.807, 2.05) is 0 Å². The van der Waals surface area contributed by atoms with E-state index in [0.29, 0.717) is 18.8 Å². The maximum Gasteiger partial charge on any atom is 0.272 e. The lowest BCUT2D eigenvalue weighted by Gasteiger charge is -2.04. The molecular weight excluding hydrogens is 262 g/mol. The number of aromatic amines is 1. The van der Waals surface area contributed by atoms with Crippen molar-refractivity contribution in [3.8, 4) is 0 Å². The van der Waals surface area contributed by atoms with Crippen LogP contribution in [0.3, 0.4) is 0 Å². The van der Waals surface area contributed by atoms with Crippen molar-refractivity contribution in [3.63, 3.8) is 0 Å². The Bertz CT molecular complexity index is 715. The Hall–Kier alpha value is -2.64. The van der Waals surface area contributed by atoms with E-state index >= 15 is 0 Å². The summed E-state index contributed by atoms with van der Waals surface area (Å²) in [5.74, 6) is -0.512. The number of nitrogens with zero attached hydrogens (tertiary/aromatic N) is 2. The van der Waals surface area contributed by atoms with Gasteiger partial charge in [-0.2, -0.15) is 0 Å². The fraction of sp³-hybridized carbons (Fsp3) is 0.333. The predicted molar refractivity (Wildman–Crippen MR) is 71.6 cm³/mol. The summed E-state index contributed by atoms with van der Waals surface area (Å²) in [5, 5.41) is 7.90. The van der Waals surface area contributed by atoms with Crippen molar-refractivity contribution in [2.24, 2.45) is 0 Å². The Labute approximate surface area is 114 Å². The summed E-state index contributed by atoms with van der Waals surface area (Å²) in [6.07, 6.45) is 1.43. The molecule has 0 aliphatic carbocycles. The Morgan fingerprint density at radius 3 is 2.75 bits per heavy atom. The molecule has 8 heteroatoms. The van der Waals surface area contributed by atoms with Gasteiger partial charge in [0.1, 0.15) is 5.56 Å². The molecule has 2 amide bonds. The van der Waals surface area contributed by atoms with E-state index in [-0.39, 0.29) is 28.6 Å². The van der Waals surface area contributed by atoms with Crippen molar-refractivity contribution in [1.82, 2.24) is 25.2 Å². The molecule has 3 N–H and O–H groups in total. The number of rotatable bonds is 4. The average molecular weight is 277 g/mol. The molecule has 0 aliphatic rings. The van der Waals surface area contributed by atoms with Gasteiger partial charge in [0.2, 0.25) is 5.91 Å². The SMILES string of the molecule is CC(=O)NCCNC(=O)c1c[nH]n2c(=O)cc(C)nc12. The lowest BCUT2D eigenvalue weighted by molar-refractivity contribution is -0.118. The topological polar surface area (TPSA) is 108 Å². The van der Waals surface area contributed by atoms with Crippen LogP contribution in [0.2, 0.25) is 0 Å². The molecule has 0 radical (unpaired) electrons. The van der Waals surface area contributed by atoms with Gasteiger partial charge >= 0.3 is 0 Å². The molecule has 0 fully saturated rings. The van der Waals surface area contributed by atoms with Crippen LogP contribution in [0.1, 0.15) is 23.0 Å². The molecule has 0 atom stereocenters. The number of H-pyrrole nitrogens is 1. The monoisotopic (exact) mass is 277 g/mol. The first-order chi connectivity index (χ1) is 9.49. The van der Waals surface area contributed by atoms with Crippen molar-refractivity contribution >= 4 is 17.5 Å². The number of hydrogen-bond acceptors (Lipinski definition) is 4. The second kappa shape index (κ2) is 5.55. The first-order valence-corrected chi connectivity index (χ1v) is 6.09. The largest absolute Gasteiger partial charge is 0.355 e. The molecule has 0 saturated carbocycles. The van der Waals surface area contributed by atoms with E-state index in [1.54, 1.807) is 6.92 Å².